The minimum Gasteiger partial charge on any atom is -0.497 e. The summed E-state index contributed by atoms with van der Waals surface area (Å²) >= 11 is 0. The van der Waals surface area contributed by atoms with Crippen molar-refractivity contribution in [3.63, 3.8) is 0 Å². The number of fused-ring (bicyclic) bond motifs is 1. The van der Waals surface area contributed by atoms with E-state index in [1.807, 2.05) is 18.2 Å². The Bertz CT molecular complexity index is 639. The second-order valence-corrected chi connectivity index (χ2v) is 5.98. The summed E-state index contributed by atoms with van der Waals surface area (Å²) in [7, 11) is 1.68. The quantitative estimate of drug-likeness (QED) is 0.823. The fraction of sp³-hybridized carbons (Fsp3) is 0.421. The third kappa shape index (κ3) is 3.10. The highest BCUT2D eigenvalue weighted by Crippen LogP contribution is 2.28. The van der Waals surface area contributed by atoms with Crippen LogP contribution in [0.5, 0.6) is 5.75 Å². The average molecular weight is 282 g/mol. The van der Waals surface area contributed by atoms with Crippen LogP contribution in [0.1, 0.15) is 37.7 Å². The molecule has 0 heterocycles. The molecule has 1 aliphatic rings. The Hall–Kier alpha value is -1.83. The fourth-order valence-corrected chi connectivity index (χ4v) is 3.35. The van der Waals surface area contributed by atoms with Gasteiger partial charge in [-0.05, 0) is 41.3 Å². The molecule has 0 aromatic heterocycles. The second kappa shape index (κ2) is 6.30. The first kappa shape index (κ1) is 14.1. The van der Waals surface area contributed by atoms with Gasteiger partial charge in [-0.3, -0.25) is 4.79 Å². The second-order valence-electron chi connectivity index (χ2n) is 5.98. The highest BCUT2D eigenvalue weighted by Gasteiger charge is 2.21. The molecule has 21 heavy (non-hydrogen) atoms. The van der Waals surface area contributed by atoms with Crippen molar-refractivity contribution < 1.29 is 9.53 Å². The van der Waals surface area contributed by atoms with Crippen LogP contribution in [-0.2, 0) is 11.2 Å². The van der Waals surface area contributed by atoms with Gasteiger partial charge in [-0.25, -0.2) is 0 Å². The van der Waals surface area contributed by atoms with Gasteiger partial charge in [-0.2, -0.15) is 0 Å². The van der Waals surface area contributed by atoms with E-state index in [2.05, 4.69) is 18.2 Å². The van der Waals surface area contributed by atoms with Crippen molar-refractivity contribution in [1.29, 1.82) is 0 Å². The Morgan fingerprint density at radius 3 is 2.71 bits per heavy atom. The number of Topliss-reactive ketones (excluding diaryl/α,β-unsaturated/α-hetero) is 1. The third-order valence-corrected chi connectivity index (χ3v) is 4.60. The van der Waals surface area contributed by atoms with Crippen LogP contribution < -0.4 is 4.74 Å². The number of carbonyl (C=O) groups is 1. The molecule has 0 radical (unpaired) electrons. The van der Waals surface area contributed by atoms with Crippen LogP contribution in [0.3, 0.4) is 0 Å². The lowest BCUT2D eigenvalue weighted by Gasteiger charge is -2.20. The number of benzene rings is 2. The molecule has 0 saturated heterocycles. The average Bonchev–Trinajstić information content (AvgIpc) is 2.55. The minimum atomic E-state index is 0.277. The van der Waals surface area contributed by atoms with Crippen molar-refractivity contribution in [3.8, 4) is 5.75 Å². The first-order valence-corrected chi connectivity index (χ1v) is 7.86. The van der Waals surface area contributed by atoms with Gasteiger partial charge in [0, 0.05) is 12.3 Å². The molecule has 1 saturated carbocycles. The summed E-state index contributed by atoms with van der Waals surface area (Å²) in [6.07, 6.45) is 6.41. The molecule has 2 nitrogen and oxygen atoms in total. The predicted octanol–water partition coefficient (Wildman–Crippen LogP) is 4.54. The number of rotatable bonds is 4. The summed E-state index contributed by atoms with van der Waals surface area (Å²) < 4.78 is 5.31. The van der Waals surface area contributed by atoms with Crippen molar-refractivity contribution >= 4 is 16.6 Å². The molecule has 0 atom stereocenters. The Morgan fingerprint density at radius 1 is 1.14 bits per heavy atom. The van der Waals surface area contributed by atoms with Gasteiger partial charge in [0.15, 0.2) is 0 Å². The van der Waals surface area contributed by atoms with Crippen molar-refractivity contribution in [1.82, 2.24) is 0 Å². The van der Waals surface area contributed by atoms with Crippen molar-refractivity contribution in [2.75, 3.05) is 7.11 Å². The monoisotopic (exact) mass is 282 g/mol. The highest BCUT2D eigenvalue weighted by molar-refractivity contribution is 5.92. The lowest BCUT2D eigenvalue weighted by molar-refractivity contribution is -0.123. The van der Waals surface area contributed by atoms with E-state index in [4.69, 9.17) is 4.74 Å². The Morgan fingerprint density at radius 2 is 1.95 bits per heavy atom. The summed E-state index contributed by atoms with van der Waals surface area (Å²) in [6.45, 7) is 0. The lowest BCUT2D eigenvalue weighted by atomic mass is 9.84. The largest absolute Gasteiger partial charge is 0.497 e. The molecular formula is C19H22O2. The van der Waals surface area contributed by atoms with Crippen LogP contribution in [0.25, 0.3) is 10.8 Å². The van der Waals surface area contributed by atoms with E-state index in [1.54, 1.807) is 7.11 Å². The Balaban J connectivity index is 1.87. The number of ether oxygens (including phenoxy) is 1. The Labute approximate surface area is 126 Å². The molecule has 1 aliphatic carbocycles. The minimum absolute atomic E-state index is 0.277. The molecule has 0 unspecified atom stereocenters. The van der Waals surface area contributed by atoms with Crippen LogP contribution >= 0.6 is 0 Å². The summed E-state index contributed by atoms with van der Waals surface area (Å²) in [5, 5.41) is 2.31. The molecular weight excluding hydrogens is 260 g/mol. The van der Waals surface area contributed by atoms with Crippen molar-refractivity contribution in [2.24, 2.45) is 5.92 Å². The number of methoxy groups -OCH3 is 1. The molecule has 1 fully saturated rings. The number of ketones is 1. The normalized spacial score (nSPS) is 16.0. The van der Waals surface area contributed by atoms with Crippen molar-refractivity contribution in [3.05, 3.63) is 42.0 Å². The van der Waals surface area contributed by atoms with E-state index < -0.39 is 0 Å². The number of hydrogen-bond acceptors (Lipinski definition) is 2. The maximum absolute atomic E-state index is 12.5. The van der Waals surface area contributed by atoms with Gasteiger partial charge < -0.3 is 4.74 Å². The lowest BCUT2D eigenvalue weighted by Crippen LogP contribution is -2.19. The zero-order valence-corrected chi connectivity index (χ0v) is 12.6. The van der Waals surface area contributed by atoms with Crippen LogP contribution in [0.2, 0.25) is 0 Å². The maximum Gasteiger partial charge on any atom is 0.140 e. The molecule has 2 heteroatoms. The zero-order chi connectivity index (χ0) is 14.7. The van der Waals surface area contributed by atoms with Gasteiger partial charge in [-0.1, -0.05) is 43.5 Å². The molecule has 0 N–H and O–H groups in total. The van der Waals surface area contributed by atoms with Crippen LogP contribution in [0.15, 0.2) is 36.4 Å². The molecule has 0 amide bonds. The summed E-state index contributed by atoms with van der Waals surface area (Å²) in [4.78, 5) is 12.5. The van der Waals surface area contributed by atoms with Gasteiger partial charge in [0.25, 0.3) is 0 Å². The van der Waals surface area contributed by atoms with Crippen molar-refractivity contribution in [2.45, 2.75) is 38.5 Å². The molecule has 0 spiro atoms. The fourth-order valence-electron chi connectivity index (χ4n) is 3.35. The third-order valence-electron chi connectivity index (χ3n) is 4.60. The molecule has 3 rings (SSSR count). The van der Waals surface area contributed by atoms with Gasteiger partial charge in [-0.15, -0.1) is 0 Å². The summed E-state index contributed by atoms with van der Waals surface area (Å²) in [6, 6.07) is 12.3. The smallest absolute Gasteiger partial charge is 0.140 e. The number of carbonyl (C=O) groups excluding carboxylic acids is 1. The van der Waals surface area contributed by atoms with Gasteiger partial charge in [0.05, 0.1) is 7.11 Å². The van der Waals surface area contributed by atoms with E-state index in [0.29, 0.717) is 12.2 Å². The van der Waals surface area contributed by atoms with E-state index in [1.165, 1.54) is 24.6 Å². The first-order valence-electron chi connectivity index (χ1n) is 7.86. The van der Waals surface area contributed by atoms with Crippen LogP contribution in [-0.4, -0.2) is 12.9 Å². The molecule has 2 aromatic rings. The standard InChI is InChI=1S/C19H22O2/c1-21-17-11-10-14-8-5-9-16(18(14)13-17)12-19(20)15-6-3-2-4-7-15/h5,8-11,13,15H,2-4,6-7,12H2,1H3. The van der Waals surface area contributed by atoms with E-state index >= 15 is 0 Å². The number of hydrogen-bond donors (Lipinski definition) is 0. The Kier molecular flexibility index (Phi) is 4.23. The van der Waals surface area contributed by atoms with E-state index in [0.717, 1.165) is 29.5 Å². The van der Waals surface area contributed by atoms with E-state index in [9.17, 15) is 4.79 Å². The maximum atomic E-state index is 12.5. The first-order chi connectivity index (χ1) is 10.3. The van der Waals surface area contributed by atoms with Crippen LogP contribution in [0.4, 0.5) is 0 Å². The SMILES string of the molecule is COc1ccc2cccc(CC(=O)C3CCCCC3)c2c1. The topological polar surface area (TPSA) is 26.3 Å². The highest BCUT2D eigenvalue weighted by atomic mass is 16.5. The zero-order valence-electron chi connectivity index (χ0n) is 12.6. The molecule has 0 aliphatic heterocycles. The summed E-state index contributed by atoms with van der Waals surface area (Å²) in [5.74, 6) is 1.53. The van der Waals surface area contributed by atoms with Gasteiger partial charge >= 0.3 is 0 Å². The van der Waals surface area contributed by atoms with Gasteiger partial charge in [0.1, 0.15) is 11.5 Å². The molecule has 110 valence electrons. The summed E-state index contributed by atoms with van der Waals surface area (Å²) in [5.41, 5.74) is 1.13. The predicted molar refractivity (Wildman–Crippen MR) is 85.8 cm³/mol. The molecule has 0 bridgehead atoms. The van der Waals surface area contributed by atoms with E-state index in [-0.39, 0.29) is 5.92 Å². The van der Waals surface area contributed by atoms with Gasteiger partial charge in [0.2, 0.25) is 0 Å². The van der Waals surface area contributed by atoms with Crippen LogP contribution in [0, 0.1) is 5.92 Å². The molecule has 2 aromatic carbocycles.